The van der Waals surface area contributed by atoms with E-state index < -0.39 is 0 Å². The zero-order valence-electron chi connectivity index (χ0n) is 17.6. The van der Waals surface area contributed by atoms with Gasteiger partial charge >= 0.3 is 0 Å². The van der Waals surface area contributed by atoms with Gasteiger partial charge in [-0.15, -0.1) is 0 Å². The van der Waals surface area contributed by atoms with Crippen LogP contribution < -0.4 is 4.90 Å². The Bertz CT molecular complexity index is 1130. The molecule has 3 aromatic rings. The number of amides is 1. The predicted octanol–water partition coefficient (Wildman–Crippen LogP) is 6.33. The molecule has 1 aliphatic rings. The number of rotatable bonds is 5. The molecule has 1 N–H and O–H groups in total. The molecule has 0 spiro atoms. The molecule has 1 amide bonds. The van der Waals surface area contributed by atoms with E-state index in [1.807, 2.05) is 42.5 Å². The van der Waals surface area contributed by atoms with Gasteiger partial charge in [0.2, 0.25) is 0 Å². The van der Waals surface area contributed by atoms with Gasteiger partial charge in [0.1, 0.15) is 5.75 Å². The lowest BCUT2D eigenvalue weighted by Gasteiger charge is -2.16. The SMILES string of the molecule is CCc1ccc(N=C2SC(=Cc3ccc(O)cc3)C(=O)N2c2ccc(CC)cc2)cc1. The van der Waals surface area contributed by atoms with Crippen molar-refractivity contribution >= 4 is 40.3 Å². The minimum Gasteiger partial charge on any atom is -0.508 e. The fourth-order valence-electron chi connectivity index (χ4n) is 3.30. The highest BCUT2D eigenvalue weighted by Crippen LogP contribution is 2.37. The number of anilines is 1. The average Bonchev–Trinajstić information content (AvgIpc) is 3.10. The van der Waals surface area contributed by atoms with E-state index in [4.69, 9.17) is 4.99 Å². The van der Waals surface area contributed by atoms with Gasteiger partial charge in [0.25, 0.3) is 5.91 Å². The van der Waals surface area contributed by atoms with Crippen molar-refractivity contribution in [2.75, 3.05) is 4.90 Å². The third-order valence-electron chi connectivity index (χ3n) is 5.17. The number of benzene rings is 3. The Morgan fingerprint density at radius 2 is 1.45 bits per heavy atom. The van der Waals surface area contributed by atoms with E-state index in [-0.39, 0.29) is 11.7 Å². The molecule has 0 unspecified atom stereocenters. The Morgan fingerprint density at radius 1 is 0.871 bits per heavy atom. The maximum Gasteiger partial charge on any atom is 0.271 e. The predicted molar refractivity (Wildman–Crippen MR) is 130 cm³/mol. The number of aromatic hydroxyl groups is 1. The zero-order valence-corrected chi connectivity index (χ0v) is 18.4. The second-order valence-electron chi connectivity index (χ2n) is 7.28. The maximum atomic E-state index is 13.3. The van der Waals surface area contributed by atoms with Crippen molar-refractivity contribution in [3.8, 4) is 5.75 Å². The summed E-state index contributed by atoms with van der Waals surface area (Å²) in [4.78, 5) is 20.4. The molecule has 1 fully saturated rings. The molecule has 5 heteroatoms. The number of amidine groups is 1. The highest BCUT2D eigenvalue weighted by molar-refractivity contribution is 8.19. The van der Waals surface area contributed by atoms with Crippen molar-refractivity contribution in [1.82, 2.24) is 0 Å². The lowest BCUT2D eigenvalue weighted by Crippen LogP contribution is -2.28. The molecular weight excluding hydrogens is 404 g/mol. The van der Waals surface area contributed by atoms with Crippen molar-refractivity contribution in [2.24, 2.45) is 4.99 Å². The molecule has 4 nitrogen and oxygen atoms in total. The minimum atomic E-state index is -0.105. The second kappa shape index (κ2) is 9.23. The van der Waals surface area contributed by atoms with Crippen molar-refractivity contribution in [3.63, 3.8) is 0 Å². The normalized spacial score (nSPS) is 16.5. The maximum absolute atomic E-state index is 13.3. The standard InChI is InChI=1S/C26H24N2O2S/c1-3-18-5-11-21(12-6-18)27-26-28(22-13-7-19(4-2)8-14-22)25(30)24(31-26)17-20-9-15-23(29)16-10-20/h5-17,29H,3-4H2,1-2H3. The van der Waals surface area contributed by atoms with Crippen LogP contribution in [0.25, 0.3) is 6.08 Å². The van der Waals surface area contributed by atoms with Crippen molar-refractivity contribution in [2.45, 2.75) is 26.7 Å². The number of thioether (sulfide) groups is 1. The van der Waals surface area contributed by atoms with Gasteiger partial charge in [-0.25, -0.2) is 4.99 Å². The molecule has 0 aromatic heterocycles. The van der Waals surface area contributed by atoms with Gasteiger partial charge in [0, 0.05) is 0 Å². The Hall–Kier alpha value is -3.31. The summed E-state index contributed by atoms with van der Waals surface area (Å²) in [6.07, 6.45) is 3.75. The summed E-state index contributed by atoms with van der Waals surface area (Å²) in [5.41, 5.74) is 4.93. The Kier molecular flexibility index (Phi) is 6.23. The number of phenolic OH excluding ortho intramolecular Hbond substituents is 1. The van der Waals surface area contributed by atoms with E-state index in [9.17, 15) is 9.90 Å². The Labute approximate surface area is 187 Å². The molecule has 3 aromatic carbocycles. The van der Waals surface area contributed by atoms with Crippen LogP contribution in [-0.4, -0.2) is 16.2 Å². The van der Waals surface area contributed by atoms with Crippen LogP contribution in [0.1, 0.15) is 30.5 Å². The van der Waals surface area contributed by atoms with Crippen molar-refractivity contribution in [3.05, 3.63) is 94.4 Å². The number of hydrogen-bond donors (Lipinski definition) is 1. The molecule has 0 radical (unpaired) electrons. The van der Waals surface area contributed by atoms with E-state index in [1.165, 1.54) is 22.9 Å². The average molecular weight is 429 g/mol. The summed E-state index contributed by atoms with van der Waals surface area (Å²) in [6.45, 7) is 4.23. The number of hydrogen-bond acceptors (Lipinski definition) is 4. The van der Waals surface area contributed by atoms with Gasteiger partial charge in [-0.05, 0) is 83.8 Å². The smallest absolute Gasteiger partial charge is 0.271 e. The van der Waals surface area contributed by atoms with Crippen LogP contribution >= 0.6 is 11.8 Å². The molecule has 0 saturated carbocycles. The first-order chi connectivity index (χ1) is 15.1. The number of aryl methyl sites for hydroxylation is 2. The Balaban J connectivity index is 1.74. The lowest BCUT2D eigenvalue weighted by atomic mass is 10.1. The monoisotopic (exact) mass is 428 g/mol. The second-order valence-corrected chi connectivity index (χ2v) is 8.29. The van der Waals surface area contributed by atoms with E-state index in [0.717, 1.165) is 29.8 Å². The van der Waals surface area contributed by atoms with E-state index in [2.05, 4.69) is 26.0 Å². The summed E-state index contributed by atoms with van der Waals surface area (Å²) in [5, 5.41) is 10.2. The summed E-state index contributed by atoms with van der Waals surface area (Å²) < 4.78 is 0. The number of carbonyl (C=O) groups is 1. The molecule has 1 aliphatic heterocycles. The highest BCUT2D eigenvalue weighted by atomic mass is 32.2. The van der Waals surface area contributed by atoms with E-state index >= 15 is 0 Å². The fraction of sp³-hybridized carbons (Fsp3) is 0.154. The minimum absolute atomic E-state index is 0.105. The first kappa shape index (κ1) is 20.9. The van der Waals surface area contributed by atoms with Gasteiger partial charge < -0.3 is 5.11 Å². The van der Waals surface area contributed by atoms with Crippen molar-refractivity contribution < 1.29 is 9.90 Å². The number of phenols is 1. The molecule has 4 rings (SSSR count). The molecule has 0 bridgehead atoms. The third-order valence-corrected chi connectivity index (χ3v) is 6.14. The van der Waals surface area contributed by atoms with Gasteiger partial charge in [0.05, 0.1) is 16.3 Å². The highest BCUT2D eigenvalue weighted by Gasteiger charge is 2.34. The van der Waals surface area contributed by atoms with Crippen LogP contribution in [-0.2, 0) is 17.6 Å². The van der Waals surface area contributed by atoms with Gasteiger partial charge in [-0.1, -0.05) is 50.2 Å². The van der Waals surface area contributed by atoms with Crippen LogP contribution in [0, 0.1) is 0 Å². The lowest BCUT2D eigenvalue weighted by molar-refractivity contribution is -0.113. The zero-order chi connectivity index (χ0) is 21.8. The van der Waals surface area contributed by atoms with Crippen molar-refractivity contribution in [1.29, 1.82) is 0 Å². The van der Waals surface area contributed by atoms with Gasteiger partial charge in [-0.2, -0.15) is 0 Å². The van der Waals surface area contributed by atoms with Gasteiger partial charge in [-0.3, -0.25) is 9.69 Å². The molecule has 1 heterocycles. The topological polar surface area (TPSA) is 52.9 Å². The van der Waals surface area contributed by atoms with Crippen LogP contribution in [0.2, 0.25) is 0 Å². The number of aliphatic imine (C=N–C) groups is 1. The third kappa shape index (κ3) is 4.72. The van der Waals surface area contributed by atoms with Crippen LogP contribution in [0.5, 0.6) is 5.75 Å². The first-order valence-electron chi connectivity index (χ1n) is 10.4. The largest absolute Gasteiger partial charge is 0.508 e. The molecule has 0 aliphatic carbocycles. The molecule has 1 saturated heterocycles. The molecule has 0 atom stereocenters. The number of nitrogens with zero attached hydrogens (tertiary/aromatic N) is 2. The quantitative estimate of drug-likeness (QED) is 0.484. The summed E-state index contributed by atoms with van der Waals surface area (Å²) >= 11 is 1.36. The Morgan fingerprint density at radius 3 is 2.03 bits per heavy atom. The molecule has 156 valence electrons. The van der Waals surface area contributed by atoms with Crippen LogP contribution in [0.15, 0.2) is 82.7 Å². The molecule has 31 heavy (non-hydrogen) atoms. The van der Waals surface area contributed by atoms with E-state index in [1.54, 1.807) is 29.2 Å². The summed E-state index contributed by atoms with van der Waals surface area (Å²) in [5.74, 6) is 0.0919. The summed E-state index contributed by atoms with van der Waals surface area (Å²) in [7, 11) is 0. The first-order valence-corrected chi connectivity index (χ1v) is 11.2. The fourth-order valence-corrected chi connectivity index (χ4v) is 4.30. The van der Waals surface area contributed by atoms with Gasteiger partial charge in [0.15, 0.2) is 5.17 Å². The summed E-state index contributed by atoms with van der Waals surface area (Å²) in [6, 6.07) is 22.9. The van der Waals surface area contributed by atoms with Crippen LogP contribution in [0.3, 0.4) is 0 Å². The number of carbonyl (C=O) groups excluding carboxylic acids is 1. The van der Waals surface area contributed by atoms with E-state index in [0.29, 0.717) is 10.1 Å². The molecular formula is C26H24N2O2S. The van der Waals surface area contributed by atoms with Crippen LogP contribution in [0.4, 0.5) is 11.4 Å².